The average molecular weight is 518 g/mol. The molecule has 0 aliphatic rings. The van der Waals surface area contributed by atoms with Crippen molar-refractivity contribution in [3.63, 3.8) is 0 Å². The van der Waals surface area contributed by atoms with E-state index in [1.807, 2.05) is 36.4 Å². The van der Waals surface area contributed by atoms with Gasteiger partial charge in [-0.05, 0) is 89.8 Å². The fourth-order valence-electron chi connectivity index (χ4n) is 1.73. The van der Waals surface area contributed by atoms with E-state index in [1.54, 1.807) is 12.3 Å². The second-order valence-corrected chi connectivity index (χ2v) is 7.08. The van der Waals surface area contributed by atoms with Crippen LogP contribution in [0.4, 0.5) is 10.2 Å². The minimum Gasteiger partial charge on any atom is -0.365 e. The number of nitrogens with one attached hydrogen (secondary N) is 1. The Morgan fingerprint density at radius 1 is 0.917 bits per heavy atom. The van der Waals surface area contributed by atoms with Crippen molar-refractivity contribution in [2.24, 2.45) is 0 Å². The SMILES string of the molecule is Brc1cccc(Br)n1.Fc1cccc(CNc2ncccc2Br)c1. The van der Waals surface area contributed by atoms with E-state index >= 15 is 0 Å². The molecule has 3 nitrogen and oxygen atoms in total. The van der Waals surface area contributed by atoms with E-state index < -0.39 is 0 Å². The molecule has 0 bridgehead atoms. The van der Waals surface area contributed by atoms with Gasteiger partial charge in [0, 0.05) is 12.7 Å². The van der Waals surface area contributed by atoms with E-state index in [2.05, 4.69) is 63.1 Å². The van der Waals surface area contributed by atoms with Crippen molar-refractivity contribution in [1.29, 1.82) is 0 Å². The summed E-state index contributed by atoms with van der Waals surface area (Å²) in [5.74, 6) is 0.533. The van der Waals surface area contributed by atoms with Crippen molar-refractivity contribution >= 4 is 53.6 Å². The number of hydrogen-bond donors (Lipinski definition) is 1. The highest BCUT2D eigenvalue weighted by atomic mass is 79.9. The van der Waals surface area contributed by atoms with Gasteiger partial charge in [0.1, 0.15) is 20.8 Å². The Morgan fingerprint density at radius 2 is 1.62 bits per heavy atom. The highest BCUT2D eigenvalue weighted by Crippen LogP contribution is 2.19. The Kier molecular flexibility index (Phi) is 7.81. The fraction of sp³-hybridized carbons (Fsp3) is 0.0588. The Hall–Kier alpha value is -1.31. The number of rotatable bonds is 3. The van der Waals surface area contributed by atoms with Gasteiger partial charge in [-0.15, -0.1) is 0 Å². The van der Waals surface area contributed by atoms with Crippen molar-refractivity contribution in [2.75, 3.05) is 5.32 Å². The molecule has 0 spiro atoms. The van der Waals surface area contributed by atoms with Gasteiger partial charge in [0.2, 0.25) is 0 Å². The predicted octanol–water partition coefficient (Wildman–Crippen LogP) is 6.20. The zero-order valence-electron chi connectivity index (χ0n) is 12.4. The molecule has 3 aromatic rings. The zero-order valence-corrected chi connectivity index (χ0v) is 17.1. The van der Waals surface area contributed by atoms with E-state index in [9.17, 15) is 4.39 Å². The highest BCUT2D eigenvalue weighted by Gasteiger charge is 2.00. The Bertz CT molecular complexity index is 782. The van der Waals surface area contributed by atoms with E-state index in [0.717, 1.165) is 25.1 Å². The number of hydrogen-bond acceptors (Lipinski definition) is 3. The van der Waals surface area contributed by atoms with Crippen LogP contribution in [0.2, 0.25) is 0 Å². The van der Waals surface area contributed by atoms with E-state index in [0.29, 0.717) is 6.54 Å². The van der Waals surface area contributed by atoms with Gasteiger partial charge in [0.05, 0.1) is 4.47 Å². The quantitative estimate of drug-likeness (QED) is 0.420. The molecule has 0 aliphatic carbocycles. The number of benzene rings is 1. The first kappa shape index (κ1) is 19.0. The summed E-state index contributed by atoms with van der Waals surface area (Å²) < 4.78 is 15.5. The van der Waals surface area contributed by atoms with Gasteiger partial charge in [0.15, 0.2) is 0 Å². The van der Waals surface area contributed by atoms with Gasteiger partial charge in [0.25, 0.3) is 0 Å². The third-order valence-electron chi connectivity index (χ3n) is 2.79. The fourth-order valence-corrected chi connectivity index (χ4v) is 3.05. The monoisotopic (exact) mass is 515 g/mol. The lowest BCUT2D eigenvalue weighted by Crippen LogP contribution is -2.01. The summed E-state index contributed by atoms with van der Waals surface area (Å²) in [6, 6.07) is 15.9. The molecule has 0 atom stereocenters. The van der Waals surface area contributed by atoms with Crippen LogP contribution in [0.5, 0.6) is 0 Å². The van der Waals surface area contributed by atoms with Crippen LogP contribution in [0.25, 0.3) is 0 Å². The largest absolute Gasteiger partial charge is 0.365 e. The highest BCUT2D eigenvalue weighted by molar-refractivity contribution is 9.11. The smallest absolute Gasteiger partial charge is 0.140 e. The van der Waals surface area contributed by atoms with Crippen LogP contribution in [-0.2, 0) is 6.54 Å². The molecule has 124 valence electrons. The molecule has 1 aromatic carbocycles. The van der Waals surface area contributed by atoms with Gasteiger partial charge >= 0.3 is 0 Å². The van der Waals surface area contributed by atoms with Crippen molar-refractivity contribution in [3.05, 3.63) is 85.9 Å². The first-order valence-electron chi connectivity index (χ1n) is 6.91. The summed E-state index contributed by atoms with van der Waals surface area (Å²) in [5.41, 5.74) is 0.887. The van der Waals surface area contributed by atoms with Gasteiger partial charge in [-0.1, -0.05) is 18.2 Å². The standard InChI is InChI=1S/C12H10BrFN2.C5H3Br2N/c13-11-5-2-6-15-12(11)16-8-9-3-1-4-10(14)7-9;6-4-2-1-3-5(7)8-4/h1-7H,8H2,(H,15,16);1-3H. The molecule has 2 aromatic heterocycles. The summed E-state index contributed by atoms with van der Waals surface area (Å²) >= 11 is 9.83. The van der Waals surface area contributed by atoms with Gasteiger partial charge in [-0.3, -0.25) is 0 Å². The maximum atomic E-state index is 12.9. The number of halogens is 4. The number of aromatic nitrogens is 2. The summed E-state index contributed by atoms with van der Waals surface area (Å²) in [6.07, 6.45) is 1.71. The number of pyridine rings is 2. The van der Waals surface area contributed by atoms with Crippen LogP contribution in [0.1, 0.15) is 5.56 Å². The molecule has 0 saturated carbocycles. The second-order valence-electron chi connectivity index (χ2n) is 4.60. The maximum absolute atomic E-state index is 12.9. The molecule has 0 saturated heterocycles. The summed E-state index contributed by atoms with van der Waals surface area (Å²) in [7, 11) is 0. The normalized spacial score (nSPS) is 9.83. The molecule has 0 radical (unpaired) electrons. The molecule has 0 fully saturated rings. The lowest BCUT2D eigenvalue weighted by molar-refractivity contribution is 0.626. The predicted molar refractivity (Wildman–Crippen MR) is 105 cm³/mol. The van der Waals surface area contributed by atoms with E-state index in [-0.39, 0.29) is 5.82 Å². The van der Waals surface area contributed by atoms with E-state index in [1.165, 1.54) is 12.1 Å². The van der Waals surface area contributed by atoms with Gasteiger partial charge in [-0.2, -0.15) is 0 Å². The van der Waals surface area contributed by atoms with Crippen LogP contribution in [0.15, 0.2) is 74.5 Å². The minimum absolute atomic E-state index is 0.223. The lowest BCUT2D eigenvalue weighted by Gasteiger charge is -2.07. The molecule has 3 rings (SSSR count). The lowest BCUT2D eigenvalue weighted by atomic mass is 10.2. The Morgan fingerprint density at radius 3 is 2.21 bits per heavy atom. The molecule has 1 N–H and O–H groups in total. The molecule has 24 heavy (non-hydrogen) atoms. The summed E-state index contributed by atoms with van der Waals surface area (Å²) in [5, 5.41) is 3.13. The minimum atomic E-state index is -0.223. The molecule has 0 unspecified atom stereocenters. The zero-order chi connectivity index (χ0) is 17.4. The Balaban J connectivity index is 0.000000219. The van der Waals surface area contributed by atoms with Crippen LogP contribution >= 0.6 is 47.8 Å². The number of anilines is 1. The first-order chi connectivity index (χ1) is 11.5. The van der Waals surface area contributed by atoms with Crippen LogP contribution in [0, 0.1) is 5.82 Å². The van der Waals surface area contributed by atoms with Crippen molar-refractivity contribution in [3.8, 4) is 0 Å². The van der Waals surface area contributed by atoms with Crippen LogP contribution in [-0.4, -0.2) is 9.97 Å². The molecule has 2 heterocycles. The third-order valence-corrected chi connectivity index (χ3v) is 4.31. The van der Waals surface area contributed by atoms with Crippen molar-refractivity contribution in [1.82, 2.24) is 9.97 Å². The molecule has 7 heteroatoms. The van der Waals surface area contributed by atoms with Crippen molar-refractivity contribution in [2.45, 2.75) is 6.54 Å². The molecular weight excluding hydrogens is 505 g/mol. The van der Waals surface area contributed by atoms with Gasteiger partial charge < -0.3 is 5.32 Å². The Labute approximate surface area is 165 Å². The molecule has 0 amide bonds. The average Bonchev–Trinajstić information content (AvgIpc) is 2.55. The van der Waals surface area contributed by atoms with Crippen LogP contribution < -0.4 is 5.32 Å². The number of nitrogens with zero attached hydrogens (tertiary/aromatic N) is 2. The van der Waals surface area contributed by atoms with Crippen LogP contribution in [0.3, 0.4) is 0 Å². The first-order valence-corrected chi connectivity index (χ1v) is 9.29. The molecule has 0 aliphatic heterocycles. The van der Waals surface area contributed by atoms with Crippen molar-refractivity contribution < 1.29 is 4.39 Å². The summed E-state index contributed by atoms with van der Waals surface area (Å²) in [4.78, 5) is 8.17. The van der Waals surface area contributed by atoms with E-state index in [4.69, 9.17) is 0 Å². The van der Waals surface area contributed by atoms with Gasteiger partial charge in [-0.25, -0.2) is 14.4 Å². The second kappa shape index (κ2) is 9.86. The maximum Gasteiger partial charge on any atom is 0.140 e. The topological polar surface area (TPSA) is 37.8 Å². The summed E-state index contributed by atoms with van der Waals surface area (Å²) in [6.45, 7) is 0.549. The third kappa shape index (κ3) is 6.67. The molecular formula is C17H13Br3FN3.